The standard InChI is InChI=1S/C12H14N6/c1-2-17-9-15-16-12(17)8-14-11-5-3-4-10-13-6-7-18(10)11/h3-7,9,14H,2,8H2,1H3. The molecule has 0 fully saturated rings. The number of hydrogen-bond donors (Lipinski definition) is 1. The van der Waals surface area contributed by atoms with Crippen LogP contribution in [0.2, 0.25) is 0 Å². The van der Waals surface area contributed by atoms with E-state index in [9.17, 15) is 0 Å². The second-order valence-corrected chi connectivity index (χ2v) is 3.95. The Balaban J connectivity index is 1.83. The van der Waals surface area contributed by atoms with E-state index in [1.165, 1.54) is 0 Å². The number of nitrogens with zero attached hydrogens (tertiary/aromatic N) is 5. The lowest BCUT2D eigenvalue weighted by atomic mass is 10.4. The molecule has 18 heavy (non-hydrogen) atoms. The van der Waals surface area contributed by atoms with Gasteiger partial charge in [-0.05, 0) is 19.1 Å². The Morgan fingerprint density at radius 1 is 1.33 bits per heavy atom. The second-order valence-electron chi connectivity index (χ2n) is 3.95. The first-order chi connectivity index (χ1) is 8.88. The van der Waals surface area contributed by atoms with Gasteiger partial charge in [0.1, 0.15) is 17.8 Å². The lowest BCUT2D eigenvalue weighted by Gasteiger charge is -2.08. The molecule has 6 heteroatoms. The van der Waals surface area contributed by atoms with E-state index >= 15 is 0 Å². The van der Waals surface area contributed by atoms with Gasteiger partial charge in [0.15, 0.2) is 5.82 Å². The minimum atomic E-state index is 0.644. The Hall–Kier alpha value is -2.37. The van der Waals surface area contributed by atoms with Crippen LogP contribution in [0.15, 0.2) is 36.9 Å². The number of imidazole rings is 1. The van der Waals surface area contributed by atoms with Crippen LogP contribution >= 0.6 is 0 Å². The van der Waals surface area contributed by atoms with E-state index in [-0.39, 0.29) is 0 Å². The van der Waals surface area contributed by atoms with Gasteiger partial charge >= 0.3 is 0 Å². The molecule has 0 aliphatic heterocycles. The molecule has 0 unspecified atom stereocenters. The molecule has 6 nitrogen and oxygen atoms in total. The Labute approximate surface area is 104 Å². The number of fused-ring (bicyclic) bond motifs is 1. The summed E-state index contributed by atoms with van der Waals surface area (Å²) in [5, 5.41) is 11.4. The molecule has 3 rings (SSSR count). The maximum absolute atomic E-state index is 4.25. The van der Waals surface area contributed by atoms with Crippen molar-refractivity contribution in [2.75, 3.05) is 5.32 Å². The van der Waals surface area contributed by atoms with Crippen LogP contribution in [0.1, 0.15) is 12.7 Å². The van der Waals surface area contributed by atoms with Crippen molar-refractivity contribution in [3.8, 4) is 0 Å². The highest BCUT2D eigenvalue weighted by Crippen LogP contribution is 2.11. The number of aryl methyl sites for hydroxylation is 1. The molecule has 3 heterocycles. The van der Waals surface area contributed by atoms with E-state index in [0.29, 0.717) is 6.54 Å². The van der Waals surface area contributed by atoms with E-state index < -0.39 is 0 Å². The maximum Gasteiger partial charge on any atom is 0.152 e. The van der Waals surface area contributed by atoms with E-state index in [2.05, 4.69) is 27.4 Å². The van der Waals surface area contributed by atoms with Crippen LogP contribution in [0, 0.1) is 0 Å². The van der Waals surface area contributed by atoms with Gasteiger partial charge in [-0.25, -0.2) is 4.98 Å². The van der Waals surface area contributed by atoms with E-state index in [4.69, 9.17) is 0 Å². The third-order valence-electron chi connectivity index (χ3n) is 2.89. The third kappa shape index (κ3) is 1.81. The lowest BCUT2D eigenvalue weighted by molar-refractivity contribution is 0.707. The second kappa shape index (κ2) is 4.48. The molecule has 0 radical (unpaired) electrons. The summed E-state index contributed by atoms with van der Waals surface area (Å²) >= 11 is 0. The van der Waals surface area contributed by atoms with Crippen LogP contribution < -0.4 is 5.32 Å². The quantitative estimate of drug-likeness (QED) is 0.754. The summed E-state index contributed by atoms with van der Waals surface area (Å²) < 4.78 is 4.02. The van der Waals surface area contributed by atoms with Gasteiger partial charge in [-0.2, -0.15) is 0 Å². The topological polar surface area (TPSA) is 60.0 Å². The first kappa shape index (κ1) is 10.8. The molecule has 0 saturated carbocycles. The highest BCUT2D eigenvalue weighted by atomic mass is 15.3. The Bertz CT molecular complexity index is 653. The van der Waals surface area contributed by atoms with Gasteiger partial charge < -0.3 is 9.88 Å². The van der Waals surface area contributed by atoms with Gasteiger partial charge in [0.25, 0.3) is 0 Å². The number of nitrogens with one attached hydrogen (secondary N) is 1. The van der Waals surface area contributed by atoms with Crippen LogP contribution in [-0.2, 0) is 13.1 Å². The van der Waals surface area contributed by atoms with Crippen molar-refractivity contribution in [2.24, 2.45) is 0 Å². The van der Waals surface area contributed by atoms with Gasteiger partial charge in [0, 0.05) is 18.9 Å². The summed E-state index contributed by atoms with van der Waals surface area (Å²) in [6.45, 7) is 3.59. The summed E-state index contributed by atoms with van der Waals surface area (Å²) in [6.07, 6.45) is 5.46. The summed E-state index contributed by atoms with van der Waals surface area (Å²) in [5.74, 6) is 1.92. The molecule has 92 valence electrons. The molecule has 0 aromatic carbocycles. The molecule has 0 bridgehead atoms. The Kier molecular flexibility index (Phi) is 2.68. The Morgan fingerprint density at radius 2 is 2.28 bits per heavy atom. The molecule has 0 atom stereocenters. The van der Waals surface area contributed by atoms with E-state index in [0.717, 1.165) is 23.8 Å². The SMILES string of the molecule is CCn1cnnc1CNc1cccc2nccn12. The van der Waals surface area contributed by atoms with Gasteiger partial charge in [-0.15, -0.1) is 10.2 Å². The van der Waals surface area contributed by atoms with Gasteiger partial charge in [-0.1, -0.05) is 6.07 Å². The van der Waals surface area contributed by atoms with Crippen molar-refractivity contribution in [3.63, 3.8) is 0 Å². The van der Waals surface area contributed by atoms with Crippen LogP contribution in [0.4, 0.5) is 5.82 Å². The van der Waals surface area contributed by atoms with Crippen molar-refractivity contribution >= 4 is 11.5 Å². The number of hydrogen-bond acceptors (Lipinski definition) is 4. The molecule has 0 spiro atoms. The maximum atomic E-state index is 4.25. The fourth-order valence-electron chi connectivity index (χ4n) is 1.94. The highest BCUT2D eigenvalue weighted by Gasteiger charge is 2.04. The molecule has 0 saturated heterocycles. The summed E-state index contributed by atoms with van der Waals surface area (Å²) in [6, 6.07) is 5.97. The van der Waals surface area contributed by atoms with Crippen molar-refractivity contribution in [2.45, 2.75) is 20.0 Å². The zero-order valence-corrected chi connectivity index (χ0v) is 10.1. The molecule has 0 amide bonds. The van der Waals surface area contributed by atoms with Crippen LogP contribution in [-0.4, -0.2) is 24.1 Å². The molecule has 3 aromatic rings. The minimum absolute atomic E-state index is 0.644. The van der Waals surface area contributed by atoms with Crippen LogP contribution in [0.5, 0.6) is 0 Å². The van der Waals surface area contributed by atoms with Crippen molar-refractivity contribution in [1.29, 1.82) is 0 Å². The third-order valence-corrected chi connectivity index (χ3v) is 2.89. The lowest BCUT2D eigenvalue weighted by Crippen LogP contribution is -2.09. The number of aromatic nitrogens is 5. The molecule has 3 aromatic heterocycles. The highest BCUT2D eigenvalue weighted by molar-refractivity contribution is 5.49. The molecule has 0 aliphatic rings. The monoisotopic (exact) mass is 242 g/mol. The van der Waals surface area contributed by atoms with Crippen molar-refractivity contribution < 1.29 is 0 Å². The average molecular weight is 242 g/mol. The van der Waals surface area contributed by atoms with E-state index in [1.54, 1.807) is 12.5 Å². The smallest absolute Gasteiger partial charge is 0.152 e. The van der Waals surface area contributed by atoms with Crippen LogP contribution in [0.25, 0.3) is 5.65 Å². The average Bonchev–Trinajstić information content (AvgIpc) is 3.04. The molecular weight excluding hydrogens is 228 g/mol. The number of rotatable bonds is 4. The molecular formula is C12H14N6. The fourth-order valence-corrected chi connectivity index (χ4v) is 1.94. The normalized spacial score (nSPS) is 10.9. The predicted octanol–water partition coefficient (Wildman–Crippen LogP) is 1.56. The van der Waals surface area contributed by atoms with Crippen LogP contribution in [0.3, 0.4) is 0 Å². The number of anilines is 1. The Morgan fingerprint density at radius 3 is 3.17 bits per heavy atom. The zero-order valence-electron chi connectivity index (χ0n) is 10.1. The van der Waals surface area contributed by atoms with Gasteiger partial charge in [-0.3, -0.25) is 4.40 Å². The van der Waals surface area contributed by atoms with Gasteiger partial charge in [0.05, 0.1) is 6.54 Å². The number of pyridine rings is 1. The first-order valence-corrected chi connectivity index (χ1v) is 5.91. The largest absolute Gasteiger partial charge is 0.364 e. The van der Waals surface area contributed by atoms with E-state index in [1.807, 2.05) is 33.4 Å². The van der Waals surface area contributed by atoms with Gasteiger partial charge in [0.2, 0.25) is 0 Å². The fraction of sp³-hybridized carbons (Fsp3) is 0.250. The minimum Gasteiger partial charge on any atom is -0.364 e. The first-order valence-electron chi connectivity index (χ1n) is 5.91. The molecule has 0 aliphatic carbocycles. The van der Waals surface area contributed by atoms with Crippen molar-refractivity contribution in [3.05, 3.63) is 42.7 Å². The summed E-state index contributed by atoms with van der Waals surface area (Å²) in [7, 11) is 0. The van der Waals surface area contributed by atoms with Crippen molar-refractivity contribution in [1.82, 2.24) is 24.1 Å². The summed E-state index contributed by atoms with van der Waals surface area (Å²) in [4.78, 5) is 4.25. The molecule has 1 N–H and O–H groups in total. The summed E-state index contributed by atoms with van der Waals surface area (Å²) in [5.41, 5.74) is 0.928. The zero-order chi connectivity index (χ0) is 12.4. The predicted molar refractivity (Wildman–Crippen MR) is 68.2 cm³/mol.